The molecule has 2 aromatic heterocycles. The van der Waals surface area contributed by atoms with Crippen molar-refractivity contribution in [3.63, 3.8) is 0 Å². The summed E-state index contributed by atoms with van der Waals surface area (Å²) in [6.45, 7) is 6.83. The number of hydrogen-bond donors (Lipinski definition) is 1. The van der Waals surface area contributed by atoms with Crippen LogP contribution in [-0.4, -0.2) is 40.4 Å². The van der Waals surface area contributed by atoms with Gasteiger partial charge in [-0.05, 0) is 51.0 Å². The van der Waals surface area contributed by atoms with E-state index in [2.05, 4.69) is 40.6 Å². The van der Waals surface area contributed by atoms with Gasteiger partial charge in [0.05, 0.1) is 6.20 Å². The molecule has 23 heavy (non-hydrogen) atoms. The Balaban J connectivity index is 0.00000192. The number of rotatable bonds is 5. The maximum Gasteiger partial charge on any atom is 0.0576 e. The molecule has 3 heterocycles. The molecule has 0 bridgehead atoms. The molecule has 4 nitrogen and oxygen atoms in total. The zero-order chi connectivity index (χ0) is 15.4. The molecule has 1 aliphatic heterocycles. The van der Waals surface area contributed by atoms with Crippen molar-refractivity contribution in [1.82, 2.24) is 20.0 Å². The Morgan fingerprint density at radius 1 is 1.35 bits per heavy atom. The third-order valence-electron chi connectivity index (χ3n) is 4.48. The summed E-state index contributed by atoms with van der Waals surface area (Å²) in [5, 5.41) is 7.78. The third kappa shape index (κ3) is 4.80. The van der Waals surface area contributed by atoms with Gasteiger partial charge in [-0.25, -0.2) is 0 Å². The van der Waals surface area contributed by atoms with Gasteiger partial charge in [0.25, 0.3) is 0 Å². The smallest absolute Gasteiger partial charge is 0.0576 e. The van der Waals surface area contributed by atoms with Gasteiger partial charge in [-0.15, -0.1) is 23.7 Å². The summed E-state index contributed by atoms with van der Waals surface area (Å²) in [6.07, 6.45) is 7.93. The average molecular weight is 355 g/mol. The van der Waals surface area contributed by atoms with Crippen molar-refractivity contribution in [3.8, 4) is 10.4 Å². The maximum absolute atomic E-state index is 4.27. The van der Waals surface area contributed by atoms with Gasteiger partial charge >= 0.3 is 0 Å². The number of halogens is 1. The van der Waals surface area contributed by atoms with Crippen LogP contribution in [-0.2, 0) is 13.6 Å². The maximum atomic E-state index is 4.27. The lowest BCUT2D eigenvalue weighted by molar-refractivity contribution is 0.184. The molecule has 128 valence electrons. The number of nitrogens with one attached hydrogen (secondary N) is 1. The number of thiophene rings is 1. The molecule has 0 saturated carbocycles. The monoisotopic (exact) mass is 354 g/mol. The minimum absolute atomic E-state index is 0. The lowest BCUT2D eigenvalue weighted by Gasteiger charge is -2.29. The molecule has 1 saturated heterocycles. The summed E-state index contributed by atoms with van der Waals surface area (Å²) >= 11 is 1.90. The molecule has 1 unspecified atom stereocenters. The molecule has 1 N–H and O–H groups in total. The normalized spacial score (nSPS) is 18.7. The minimum atomic E-state index is 0. The molecule has 1 aliphatic rings. The summed E-state index contributed by atoms with van der Waals surface area (Å²) < 4.78 is 1.87. The van der Waals surface area contributed by atoms with Gasteiger partial charge in [0.15, 0.2) is 0 Å². The summed E-state index contributed by atoms with van der Waals surface area (Å²) in [6, 6.07) is 5.24. The molecule has 0 aromatic carbocycles. The Hall–Kier alpha value is -0.880. The topological polar surface area (TPSA) is 33.1 Å². The van der Waals surface area contributed by atoms with E-state index in [0.29, 0.717) is 0 Å². The zero-order valence-electron chi connectivity index (χ0n) is 14.0. The summed E-state index contributed by atoms with van der Waals surface area (Å²) in [4.78, 5) is 5.42. The van der Waals surface area contributed by atoms with E-state index >= 15 is 0 Å². The molecular formula is C17H27ClN4S. The van der Waals surface area contributed by atoms with E-state index in [1.807, 2.05) is 29.3 Å². The standard InChI is InChI=1S/C17H26N4S.ClH/c1-3-21(15-5-4-9-18-10-8-15)13-16-6-7-17(22-16)14-11-19-20(2)12-14;/h6-7,11-12,15,18H,3-5,8-10,13H2,1-2H3;1H. The molecule has 1 atom stereocenters. The van der Waals surface area contributed by atoms with E-state index in [1.165, 1.54) is 41.1 Å². The van der Waals surface area contributed by atoms with Crippen molar-refractivity contribution < 1.29 is 0 Å². The lowest BCUT2D eigenvalue weighted by atomic mass is 10.1. The van der Waals surface area contributed by atoms with Crippen molar-refractivity contribution in [2.75, 3.05) is 19.6 Å². The van der Waals surface area contributed by atoms with E-state index in [4.69, 9.17) is 0 Å². The highest BCUT2D eigenvalue weighted by Gasteiger charge is 2.19. The first-order valence-electron chi connectivity index (χ1n) is 8.28. The van der Waals surface area contributed by atoms with Crippen LogP contribution in [0.4, 0.5) is 0 Å². The molecule has 0 radical (unpaired) electrons. The van der Waals surface area contributed by atoms with Gasteiger partial charge in [0.2, 0.25) is 0 Å². The molecule has 0 spiro atoms. The second-order valence-electron chi connectivity index (χ2n) is 6.07. The fourth-order valence-electron chi connectivity index (χ4n) is 3.23. The predicted molar refractivity (Wildman–Crippen MR) is 100 cm³/mol. The van der Waals surface area contributed by atoms with Crippen LogP contribution in [0.5, 0.6) is 0 Å². The highest BCUT2D eigenvalue weighted by Crippen LogP contribution is 2.29. The van der Waals surface area contributed by atoms with Crippen LogP contribution in [0.2, 0.25) is 0 Å². The molecule has 2 aromatic rings. The van der Waals surface area contributed by atoms with Crippen LogP contribution < -0.4 is 5.32 Å². The van der Waals surface area contributed by atoms with Crippen LogP contribution in [0, 0.1) is 0 Å². The van der Waals surface area contributed by atoms with Crippen LogP contribution in [0.15, 0.2) is 24.5 Å². The highest BCUT2D eigenvalue weighted by molar-refractivity contribution is 7.15. The number of hydrogen-bond acceptors (Lipinski definition) is 4. The van der Waals surface area contributed by atoms with Crippen molar-refractivity contribution in [1.29, 1.82) is 0 Å². The summed E-state index contributed by atoms with van der Waals surface area (Å²) in [5.41, 5.74) is 1.22. The van der Waals surface area contributed by atoms with Gasteiger partial charge in [-0.3, -0.25) is 9.58 Å². The van der Waals surface area contributed by atoms with Gasteiger partial charge in [0.1, 0.15) is 0 Å². The van der Waals surface area contributed by atoms with Crippen LogP contribution in [0.1, 0.15) is 31.1 Å². The average Bonchev–Trinajstić information content (AvgIpc) is 3.07. The second kappa shape index (κ2) is 8.83. The number of aromatic nitrogens is 2. The fourth-order valence-corrected chi connectivity index (χ4v) is 4.24. The SMILES string of the molecule is CCN(Cc1ccc(-c2cnn(C)c2)s1)C1CCCNCC1.Cl. The minimum Gasteiger partial charge on any atom is -0.317 e. The van der Waals surface area contributed by atoms with Crippen LogP contribution >= 0.6 is 23.7 Å². The first-order chi connectivity index (χ1) is 10.8. The molecule has 6 heteroatoms. The van der Waals surface area contributed by atoms with Gasteiger partial charge in [0, 0.05) is 41.1 Å². The van der Waals surface area contributed by atoms with E-state index < -0.39 is 0 Å². The molecule has 0 amide bonds. The molecule has 3 rings (SSSR count). The van der Waals surface area contributed by atoms with Gasteiger partial charge < -0.3 is 5.32 Å². The van der Waals surface area contributed by atoms with E-state index in [0.717, 1.165) is 25.7 Å². The van der Waals surface area contributed by atoms with Crippen LogP contribution in [0.3, 0.4) is 0 Å². The number of aryl methyl sites for hydroxylation is 1. The quantitative estimate of drug-likeness (QED) is 0.891. The summed E-state index contributed by atoms with van der Waals surface area (Å²) in [7, 11) is 1.97. The van der Waals surface area contributed by atoms with E-state index in [1.54, 1.807) is 0 Å². The van der Waals surface area contributed by atoms with E-state index in [9.17, 15) is 0 Å². The third-order valence-corrected chi connectivity index (χ3v) is 5.60. The van der Waals surface area contributed by atoms with Crippen LogP contribution in [0.25, 0.3) is 10.4 Å². The van der Waals surface area contributed by atoms with Crippen molar-refractivity contribution in [2.24, 2.45) is 7.05 Å². The van der Waals surface area contributed by atoms with Gasteiger partial charge in [-0.1, -0.05) is 6.92 Å². The predicted octanol–water partition coefficient (Wildman–Crippen LogP) is 3.53. The Morgan fingerprint density at radius 3 is 2.96 bits per heavy atom. The zero-order valence-corrected chi connectivity index (χ0v) is 15.6. The summed E-state index contributed by atoms with van der Waals surface area (Å²) in [5.74, 6) is 0. The first-order valence-corrected chi connectivity index (χ1v) is 9.10. The Labute approximate surface area is 149 Å². The number of nitrogens with zero attached hydrogens (tertiary/aromatic N) is 3. The first kappa shape index (κ1) is 18.5. The molecule has 1 fully saturated rings. The van der Waals surface area contributed by atoms with Crippen molar-refractivity contribution >= 4 is 23.7 Å². The highest BCUT2D eigenvalue weighted by atomic mass is 35.5. The van der Waals surface area contributed by atoms with Crippen molar-refractivity contribution in [3.05, 3.63) is 29.4 Å². The second-order valence-corrected chi connectivity index (χ2v) is 7.23. The molecular weight excluding hydrogens is 328 g/mol. The van der Waals surface area contributed by atoms with Crippen molar-refractivity contribution in [2.45, 2.75) is 38.8 Å². The Bertz CT molecular complexity index is 587. The Morgan fingerprint density at radius 2 is 2.22 bits per heavy atom. The lowest BCUT2D eigenvalue weighted by Crippen LogP contribution is -2.35. The molecule has 0 aliphatic carbocycles. The largest absolute Gasteiger partial charge is 0.317 e. The van der Waals surface area contributed by atoms with Gasteiger partial charge in [-0.2, -0.15) is 5.10 Å². The fraction of sp³-hybridized carbons (Fsp3) is 0.588. The van der Waals surface area contributed by atoms with E-state index in [-0.39, 0.29) is 12.4 Å². The Kier molecular flexibility index (Phi) is 7.09.